The Labute approximate surface area is 87.5 Å². The lowest BCUT2D eigenvalue weighted by molar-refractivity contribution is 1.35. The highest BCUT2D eigenvalue weighted by molar-refractivity contribution is 6.81. The molecular formula is C13H16Si. The van der Waals surface area contributed by atoms with Gasteiger partial charge in [0.2, 0.25) is 0 Å². The molecule has 0 fully saturated rings. The first-order valence-electron chi connectivity index (χ1n) is 5.12. The topological polar surface area (TPSA) is 0 Å². The highest BCUT2D eigenvalue weighted by Gasteiger charge is 2.10. The van der Waals surface area contributed by atoms with Crippen LogP contribution in [0.15, 0.2) is 24.3 Å². The summed E-state index contributed by atoms with van der Waals surface area (Å²) in [5.74, 6) is 0. The van der Waals surface area contributed by atoms with Gasteiger partial charge in [-0.15, -0.1) is 0 Å². The first-order valence-corrected chi connectivity index (χ1v) is 6.91. The van der Waals surface area contributed by atoms with Crippen LogP contribution in [0.25, 0.3) is 0 Å². The number of hydrogen-bond acceptors (Lipinski definition) is 0. The summed E-state index contributed by atoms with van der Waals surface area (Å²) in [5, 5.41) is 1.63. The summed E-state index contributed by atoms with van der Waals surface area (Å²) in [6.07, 6.45) is 4.53. The van der Waals surface area contributed by atoms with Crippen molar-refractivity contribution in [3.05, 3.63) is 41.0 Å². The molecule has 0 spiro atoms. The lowest BCUT2D eigenvalue weighted by Crippen LogP contribution is -2.27. The van der Waals surface area contributed by atoms with Crippen LogP contribution in [0.1, 0.15) is 16.7 Å². The van der Waals surface area contributed by atoms with Crippen LogP contribution in [0.3, 0.4) is 0 Å². The van der Waals surface area contributed by atoms with Gasteiger partial charge in [-0.25, -0.2) is 0 Å². The Morgan fingerprint density at radius 3 is 2.21 bits per heavy atom. The number of benzene rings is 1. The number of hydrogen-bond donors (Lipinski definition) is 0. The van der Waals surface area contributed by atoms with Gasteiger partial charge in [0.15, 0.2) is 0 Å². The second-order valence-corrected chi connectivity index (χ2v) is 6.39. The predicted octanol–water partition coefficient (Wildman–Crippen LogP) is 2.27. The van der Waals surface area contributed by atoms with E-state index in [1.165, 1.54) is 22.7 Å². The summed E-state index contributed by atoms with van der Waals surface area (Å²) >= 11 is 0. The van der Waals surface area contributed by atoms with Crippen LogP contribution in [0.4, 0.5) is 0 Å². The molecule has 1 aromatic carbocycles. The lowest BCUT2D eigenvalue weighted by Gasteiger charge is -2.11. The molecule has 0 atom stereocenters. The third-order valence-electron chi connectivity index (χ3n) is 2.77. The van der Waals surface area contributed by atoms with Gasteiger partial charge in [0.05, 0.1) is 8.41 Å². The van der Waals surface area contributed by atoms with E-state index in [1.807, 2.05) is 0 Å². The standard InChI is InChI=1S/C13H16Si/c1-10-8-11(2)13(12(3)9-10)14-6-4-5-7-14/h4-6,8-9H,7H2,1-3H3. The van der Waals surface area contributed by atoms with E-state index in [0.29, 0.717) is 0 Å². The molecule has 0 aliphatic carbocycles. The van der Waals surface area contributed by atoms with E-state index in [-0.39, 0.29) is 0 Å². The Morgan fingerprint density at radius 1 is 1.07 bits per heavy atom. The van der Waals surface area contributed by atoms with Gasteiger partial charge in [0.1, 0.15) is 0 Å². The van der Waals surface area contributed by atoms with Gasteiger partial charge in [-0.05, 0) is 43.1 Å². The minimum absolute atomic E-state index is 0.403. The molecule has 0 unspecified atom stereocenters. The summed E-state index contributed by atoms with van der Waals surface area (Å²) in [6, 6.07) is 5.90. The first-order chi connectivity index (χ1) is 6.68. The zero-order chi connectivity index (χ0) is 10.1. The normalized spacial score (nSPS) is 14.6. The Balaban J connectivity index is 2.53. The molecule has 2 rings (SSSR count). The molecular weight excluding hydrogens is 184 g/mol. The number of rotatable bonds is 1. The Bertz CT molecular complexity index is 402. The van der Waals surface area contributed by atoms with Gasteiger partial charge in [0, 0.05) is 0 Å². The quantitative estimate of drug-likeness (QED) is 0.610. The van der Waals surface area contributed by atoms with Gasteiger partial charge in [0.25, 0.3) is 0 Å². The van der Waals surface area contributed by atoms with Crippen LogP contribution in [0.5, 0.6) is 0 Å². The highest BCUT2D eigenvalue weighted by atomic mass is 28.2. The smallest absolute Gasteiger partial charge is 0.0504 e. The van der Waals surface area contributed by atoms with Gasteiger partial charge in [-0.1, -0.05) is 35.5 Å². The molecule has 14 heavy (non-hydrogen) atoms. The van der Waals surface area contributed by atoms with E-state index in [2.05, 4.69) is 50.7 Å². The van der Waals surface area contributed by atoms with E-state index < -0.39 is 8.41 Å². The van der Waals surface area contributed by atoms with Crippen molar-refractivity contribution in [2.75, 3.05) is 0 Å². The molecule has 1 aliphatic heterocycles. The largest absolute Gasteiger partial charge is 0.0841 e. The maximum Gasteiger partial charge on any atom is 0.0504 e. The van der Waals surface area contributed by atoms with Crippen molar-refractivity contribution in [2.45, 2.75) is 26.8 Å². The van der Waals surface area contributed by atoms with Crippen molar-refractivity contribution < 1.29 is 0 Å². The van der Waals surface area contributed by atoms with E-state index >= 15 is 0 Å². The molecule has 1 aliphatic rings. The molecule has 0 N–H and O–H groups in total. The summed E-state index contributed by atoms with van der Waals surface area (Å²) in [5.41, 5.74) is 6.76. The molecule has 1 heterocycles. The maximum atomic E-state index is 2.41. The van der Waals surface area contributed by atoms with Gasteiger partial charge in [-0.3, -0.25) is 0 Å². The molecule has 0 saturated carbocycles. The van der Waals surface area contributed by atoms with Crippen LogP contribution in [-0.4, -0.2) is 14.1 Å². The van der Waals surface area contributed by atoms with Crippen LogP contribution < -0.4 is 5.19 Å². The lowest BCUT2D eigenvalue weighted by atomic mass is 10.1. The van der Waals surface area contributed by atoms with Gasteiger partial charge >= 0.3 is 0 Å². The zero-order valence-electron chi connectivity index (χ0n) is 9.09. The SMILES string of the molecule is Cc1cc(C)c([Si]2=CC=CC2)c(C)c1. The van der Waals surface area contributed by atoms with Crippen molar-refractivity contribution in [3.8, 4) is 0 Å². The van der Waals surface area contributed by atoms with E-state index in [0.717, 1.165) is 0 Å². The van der Waals surface area contributed by atoms with E-state index in [1.54, 1.807) is 5.19 Å². The molecule has 0 aromatic heterocycles. The monoisotopic (exact) mass is 200 g/mol. The summed E-state index contributed by atoms with van der Waals surface area (Å²) in [7, 11) is -0.403. The fourth-order valence-corrected chi connectivity index (χ4v) is 4.74. The van der Waals surface area contributed by atoms with E-state index in [9.17, 15) is 0 Å². The average Bonchev–Trinajstić information content (AvgIpc) is 2.54. The van der Waals surface area contributed by atoms with Crippen molar-refractivity contribution in [1.29, 1.82) is 0 Å². The van der Waals surface area contributed by atoms with Gasteiger partial charge in [-0.2, -0.15) is 0 Å². The second kappa shape index (κ2) is 3.66. The zero-order valence-corrected chi connectivity index (χ0v) is 10.1. The first kappa shape index (κ1) is 9.60. The van der Waals surface area contributed by atoms with Gasteiger partial charge < -0.3 is 0 Å². The molecule has 0 radical (unpaired) electrons. The van der Waals surface area contributed by atoms with Crippen LogP contribution in [0, 0.1) is 20.8 Å². The highest BCUT2D eigenvalue weighted by Crippen LogP contribution is 2.08. The van der Waals surface area contributed by atoms with Crippen LogP contribution in [-0.2, 0) is 0 Å². The van der Waals surface area contributed by atoms with Crippen molar-refractivity contribution in [1.82, 2.24) is 0 Å². The van der Waals surface area contributed by atoms with Crippen molar-refractivity contribution >= 4 is 19.3 Å². The fraction of sp³-hybridized carbons (Fsp3) is 0.308. The third kappa shape index (κ3) is 1.64. The van der Waals surface area contributed by atoms with Crippen LogP contribution in [0.2, 0.25) is 6.04 Å². The molecule has 0 nitrogen and oxygen atoms in total. The fourth-order valence-electron chi connectivity index (χ4n) is 2.32. The summed E-state index contributed by atoms with van der Waals surface area (Å²) < 4.78 is 0. The Kier molecular flexibility index (Phi) is 2.51. The predicted molar refractivity (Wildman–Crippen MR) is 66.1 cm³/mol. The summed E-state index contributed by atoms with van der Waals surface area (Å²) in [4.78, 5) is 0. The molecule has 0 saturated heterocycles. The third-order valence-corrected chi connectivity index (χ3v) is 5.47. The molecule has 0 bridgehead atoms. The molecule has 0 amide bonds. The molecule has 72 valence electrons. The van der Waals surface area contributed by atoms with Crippen LogP contribution >= 0.6 is 0 Å². The van der Waals surface area contributed by atoms with E-state index in [4.69, 9.17) is 0 Å². The Hall–Kier alpha value is -0.953. The molecule has 1 heteroatoms. The maximum absolute atomic E-state index is 2.41. The molecule has 1 aromatic rings. The minimum Gasteiger partial charge on any atom is -0.0841 e. The second-order valence-electron chi connectivity index (χ2n) is 4.10. The van der Waals surface area contributed by atoms with Crippen molar-refractivity contribution in [3.63, 3.8) is 0 Å². The Morgan fingerprint density at radius 2 is 1.71 bits per heavy atom. The van der Waals surface area contributed by atoms with Crippen molar-refractivity contribution in [2.24, 2.45) is 0 Å². The average molecular weight is 200 g/mol. The minimum atomic E-state index is -0.403. The number of allylic oxidation sites excluding steroid dienone is 2. The summed E-state index contributed by atoms with van der Waals surface area (Å²) in [6.45, 7) is 6.68. The number of aryl methyl sites for hydroxylation is 3.